The van der Waals surface area contributed by atoms with Gasteiger partial charge < -0.3 is 4.74 Å². The van der Waals surface area contributed by atoms with Gasteiger partial charge in [-0.2, -0.15) is 0 Å². The Labute approximate surface area is 156 Å². The molecule has 0 radical (unpaired) electrons. The van der Waals surface area contributed by atoms with E-state index in [9.17, 15) is 14.4 Å². The van der Waals surface area contributed by atoms with E-state index < -0.39 is 5.97 Å². The van der Waals surface area contributed by atoms with Gasteiger partial charge in [0.1, 0.15) is 6.61 Å². The maximum Gasteiger partial charge on any atom is 0.338 e. The Morgan fingerprint density at radius 2 is 1.73 bits per heavy atom. The largest absolute Gasteiger partial charge is 0.458 e. The highest BCUT2D eigenvalue weighted by Crippen LogP contribution is 2.53. The number of ether oxygens (including phenoxy) is 1. The van der Waals surface area contributed by atoms with Gasteiger partial charge in [-0.3, -0.25) is 14.5 Å². The van der Waals surface area contributed by atoms with E-state index in [4.69, 9.17) is 16.3 Å². The molecular formula is C20H18ClNO4. The SMILES string of the molecule is C/C(Cl)=C/COC(=O)c1ccc(N2C(=O)C3C4C=CC(C4)C3C2=O)cc1. The average Bonchev–Trinajstić information content (AvgIpc) is 3.29. The average molecular weight is 372 g/mol. The van der Waals surface area contributed by atoms with Crippen molar-refractivity contribution in [3.05, 3.63) is 53.1 Å². The number of anilines is 1. The molecule has 4 atom stereocenters. The van der Waals surface area contributed by atoms with Crippen LogP contribution in [-0.4, -0.2) is 24.4 Å². The summed E-state index contributed by atoms with van der Waals surface area (Å²) in [5.74, 6) is -0.840. The highest BCUT2D eigenvalue weighted by molar-refractivity contribution is 6.29. The van der Waals surface area contributed by atoms with E-state index in [-0.39, 0.29) is 42.1 Å². The number of amides is 2. The zero-order valence-corrected chi connectivity index (χ0v) is 15.0. The molecule has 1 aromatic rings. The first kappa shape index (κ1) is 17.0. The van der Waals surface area contributed by atoms with Gasteiger partial charge in [0.15, 0.2) is 0 Å². The minimum absolute atomic E-state index is 0.0954. The molecule has 0 aromatic heterocycles. The Kier molecular flexibility index (Phi) is 4.19. The molecule has 2 fully saturated rings. The van der Waals surface area contributed by atoms with Crippen molar-refractivity contribution < 1.29 is 19.1 Å². The first-order valence-corrected chi connectivity index (χ1v) is 9.01. The van der Waals surface area contributed by atoms with Gasteiger partial charge in [-0.1, -0.05) is 23.8 Å². The maximum absolute atomic E-state index is 12.8. The highest BCUT2D eigenvalue weighted by Gasteiger charge is 2.59. The molecule has 6 heteroatoms. The number of hydrogen-bond donors (Lipinski definition) is 0. The van der Waals surface area contributed by atoms with Gasteiger partial charge in [0.05, 0.1) is 23.1 Å². The number of carbonyl (C=O) groups is 3. The van der Waals surface area contributed by atoms with Crippen LogP contribution in [0.5, 0.6) is 0 Å². The molecule has 0 N–H and O–H groups in total. The molecule has 4 unspecified atom stereocenters. The van der Waals surface area contributed by atoms with Gasteiger partial charge >= 0.3 is 5.97 Å². The highest BCUT2D eigenvalue weighted by atomic mass is 35.5. The van der Waals surface area contributed by atoms with Crippen molar-refractivity contribution in [2.45, 2.75) is 13.3 Å². The van der Waals surface area contributed by atoms with Crippen LogP contribution >= 0.6 is 11.6 Å². The van der Waals surface area contributed by atoms with E-state index in [1.807, 2.05) is 0 Å². The molecule has 1 saturated heterocycles. The number of carbonyl (C=O) groups excluding carboxylic acids is 3. The number of benzene rings is 1. The van der Waals surface area contributed by atoms with Crippen LogP contribution in [0.15, 0.2) is 47.5 Å². The number of halogens is 1. The number of allylic oxidation sites excluding steroid dienone is 3. The van der Waals surface area contributed by atoms with Crippen LogP contribution in [-0.2, 0) is 14.3 Å². The molecule has 134 valence electrons. The third-order valence-electron chi connectivity index (χ3n) is 5.41. The molecule has 5 nitrogen and oxygen atoms in total. The fraction of sp³-hybridized carbons (Fsp3) is 0.350. The summed E-state index contributed by atoms with van der Waals surface area (Å²) < 4.78 is 5.09. The Balaban J connectivity index is 1.49. The third-order valence-corrected chi connectivity index (χ3v) is 5.56. The number of fused-ring (bicyclic) bond motifs is 5. The van der Waals surface area contributed by atoms with Gasteiger partial charge in [-0.25, -0.2) is 4.79 Å². The molecule has 1 heterocycles. The minimum Gasteiger partial charge on any atom is -0.458 e. The van der Waals surface area contributed by atoms with Crippen molar-refractivity contribution in [3.63, 3.8) is 0 Å². The third kappa shape index (κ3) is 2.67. The predicted molar refractivity (Wildman–Crippen MR) is 96.5 cm³/mol. The fourth-order valence-electron chi connectivity index (χ4n) is 4.22. The van der Waals surface area contributed by atoms with Crippen LogP contribution in [0.3, 0.4) is 0 Å². The molecule has 0 spiro atoms. The maximum atomic E-state index is 12.8. The van der Waals surface area contributed by atoms with E-state index in [0.717, 1.165) is 6.42 Å². The van der Waals surface area contributed by atoms with Crippen molar-refractivity contribution >= 4 is 35.1 Å². The zero-order chi connectivity index (χ0) is 18.4. The second-order valence-corrected chi connectivity index (χ2v) is 7.54. The summed E-state index contributed by atoms with van der Waals surface area (Å²) in [5, 5.41) is 0.549. The van der Waals surface area contributed by atoms with Crippen LogP contribution in [0.4, 0.5) is 5.69 Å². The number of nitrogens with zero attached hydrogens (tertiary/aromatic N) is 1. The molecule has 1 aromatic carbocycles. The molecular weight excluding hydrogens is 354 g/mol. The number of imide groups is 1. The molecule has 2 amide bonds. The first-order valence-electron chi connectivity index (χ1n) is 8.63. The summed E-state index contributed by atoms with van der Waals surface area (Å²) in [7, 11) is 0. The lowest BCUT2D eigenvalue weighted by atomic mass is 9.85. The van der Waals surface area contributed by atoms with E-state index in [1.54, 1.807) is 37.3 Å². The normalized spacial score (nSPS) is 29.5. The summed E-state index contributed by atoms with van der Waals surface area (Å²) in [4.78, 5) is 38.8. The van der Waals surface area contributed by atoms with Crippen molar-refractivity contribution in [1.82, 2.24) is 0 Å². The Morgan fingerprint density at radius 1 is 1.15 bits per heavy atom. The fourth-order valence-corrected chi connectivity index (χ4v) is 4.28. The van der Waals surface area contributed by atoms with Gasteiger partial charge in [-0.05, 0) is 55.5 Å². The van der Waals surface area contributed by atoms with Gasteiger partial charge in [0.2, 0.25) is 11.8 Å². The lowest BCUT2D eigenvalue weighted by molar-refractivity contribution is -0.123. The Morgan fingerprint density at radius 3 is 2.27 bits per heavy atom. The number of rotatable bonds is 4. The van der Waals surface area contributed by atoms with E-state index >= 15 is 0 Å². The summed E-state index contributed by atoms with van der Waals surface area (Å²) in [6.45, 7) is 1.80. The quantitative estimate of drug-likeness (QED) is 0.463. The summed E-state index contributed by atoms with van der Waals surface area (Å²) in [6, 6.07) is 6.36. The van der Waals surface area contributed by atoms with Crippen LogP contribution < -0.4 is 4.90 Å². The van der Waals surface area contributed by atoms with Crippen LogP contribution in [0.1, 0.15) is 23.7 Å². The summed E-state index contributed by atoms with van der Waals surface area (Å²) in [6.07, 6.45) is 6.63. The standard InChI is InChI=1S/C20H18ClNO4/c1-11(21)8-9-26-20(25)12-4-6-15(7-5-12)22-18(23)16-13-2-3-14(10-13)17(16)19(22)24/h2-8,13-14,16-17H,9-10H2,1H3/b11-8-. The monoisotopic (exact) mass is 371 g/mol. The van der Waals surface area contributed by atoms with Crippen molar-refractivity contribution in [3.8, 4) is 0 Å². The Bertz CT molecular complexity index is 808. The van der Waals surface area contributed by atoms with Crippen molar-refractivity contribution in [2.24, 2.45) is 23.7 Å². The van der Waals surface area contributed by atoms with E-state index in [2.05, 4.69) is 12.2 Å². The van der Waals surface area contributed by atoms with Crippen LogP contribution in [0, 0.1) is 23.7 Å². The summed E-state index contributed by atoms with van der Waals surface area (Å²) in [5.41, 5.74) is 0.859. The van der Waals surface area contributed by atoms with Gasteiger partial charge in [-0.15, -0.1) is 0 Å². The second-order valence-electron chi connectivity index (χ2n) is 6.95. The molecule has 1 saturated carbocycles. The molecule has 4 rings (SSSR count). The lowest BCUT2D eigenvalue weighted by Gasteiger charge is -2.17. The van der Waals surface area contributed by atoms with Crippen molar-refractivity contribution in [2.75, 3.05) is 11.5 Å². The molecule has 2 aliphatic carbocycles. The molecule has 2 bridgehead atoms. The van der Waals surface area contributed by atoms with Gasteiger partial charge in [0.25, 0.3) is 0 Å². The number of esters is 1. The predicted octanol–water partition coefficient (Wildman–Crippen LogP) is 3.30. The van der Waals surface area contributed by atoms with E-state index in [0.29, 0.717) is 16.3 Å². The molecule has 3 aliphatic rings. The summed E-state index contributed by atoms with van der Waals surface area (Å²) >= 11 is 5.69. The zero-order valence-electron chi connectivity index (χ0n) is 14.2. The second kappa shape index (κ2) is 6.40. The molecule has 1 aliphatic heterocycles. The van der Waals surface area contributed by atoms with E-state index in [1.165, 1.54) is 4.90 Å². The van der Waals surface area contributed by atoms with Gasteiger partial charge in [0, 0.05) is 5.03 Å². The topological polar surface area (TPSA) is 63.7 Å². The smallest absolute Gasteiger partial charge is 0.338 e. The Hall–Kier alpha value is -2.40. The molecule has 26 heavy (non-hydrogen) atoms. The van der Waals surface area contributed by atoms with Crippen LogP contribution in [0.2, 0.25) is 0 Å². The first-order chi connectivity index (χ1) is 12.5. The minimum atomic E-state index is -0.482. The number of hydrogen-bond acceptors (Lipinski definition) is 4. The van der Waals surface area contributed by atoms with Crippen molar-refractivity contribution in [1.29, 1.82) is 0 Å². The van der Waals surface area contributed by atoms with Crippen LogP contribution in [0.25, 0.3) is 0 Å². The lowest BCUT2D eigenvalue weighted by Crippen LogP contribution is -2.32.